The van der Waals surface area contributed by atoms with Gasteiger partial charge in [0, 0.05) is 38.3 Å². The summed E-state index contributed by atoms with van der Waals surface area (Å²) in [4.78, 5) is 26.7. The highest BCUT2D eigenvalue weighted by atomic mass is 16.4. The van der Waals surface area contributed by atoms with Gasteiger partial charge in [-0.1, -0.05) is 31.4 Å². The smallest absolute Gasteiger partial charge is 0.329 e. The van der Waals surface area contributed by atoms with Crippen LogP contribution >= 0.6 is 0 Å². The van der Waals surface area contributed by atoms with E-state index in [0.29, 0.717) is 18.4 Å². The van der Waals surface area contributed by atoms with Gasteiger partial charge in [0.1, 0.15) is 5.54 Å². The second-order valence-electron chi connectivity index (χ2n) is 7.44. The minimum Gasteiger partial charge on any atom is -0.480 e. The minimum atomic E-state index is -1.10. The van der Waals surface area contributed by atoms with Crippen LogP contribution in [-0.2, 0) is 11.2 Å². The third-order valence-corrected chi connectivity index (χ3v) is 5.61. The fourth-order valence-corrected chi connectivity index (χ4v) is 3.88. The zero-order valence-electron chi connectivity index (χ0n) is 15.3. The van der Waals surface area contributed by atoms with E-state index in [1.54, 1.807) is 12.1 Å². The molecule has 0 bridgehead atoms. The molecule has 1 heterocycles. The van der Waals surface area contributed by atoms with Crippen molar-refractivity contribution in [2.45, 2.75) is 44.1 Å². The Hall–Kier alpha value is -1.92. The van der Waals surface area contributed by atoms with Crippen molar-refractivity contribution < 1.29 is 14.7 Å². The Labute approximate surface area is 155 Å². The van der Waals surface area contributed by atoms with Crippen molar-refractivity contribution in [2.24, 2.45) is 0 Å². The van der Waals surface area contributed by atoms with Crippen LogP contribution in [0.25, 0.3) is 0 Å². The lowest BCUT2D eigenvalue weighted by molar-refractivity contribution is -0.145. The van der Waals surface area contributed by atoms with E-state index in [2.05, 4.69) is 15.5 Å². The fourth-order valence-electron chi connectivity index (χ4n) is 3.88. The Bertz CT molecular complexity index is 618. The molecule has 6 heteroatoms. The number of aliphatic carboxylic acids is 1. The first-order valence-electron chi connectivity index (χ1n) is 9.67. The Kier molecular flexibility index (Phi) is 6.27. The Balaban J connectivity index is 1.56. The summed E-state index contributed by atoms with van der Waals surface area (Å²) in [6, 6.07) is 7.57. The number of hydrogen-bond donors (Lipinski definition) is 3. The van der Waals surface area contributed by atoms with Crippen LogP contribution in [0.4, 0.5) is 0 Å². The molecule has 1 saturated carbocycles. The monoisotopic (exact) mass is 359 g/mol. The van der Waals surface area contributed by atoms with E-state index in [0.717, 1.165) is 58.4 Å². The Morgan fingerprint density at radius 2 is 1.73 bits per heavy atom. The average molecular weight is 359 g/mol. The largest absolute Gasteiger partial charge is 0.480 e. The number of carboxylic acids is 1. The Morgan fingerprint density at radius 1 is 1.08 bits per heavy atom. The maximum atomic E-state index is 12.5. The van der Waals surface area contributed by atoms with Crippen molar-refractivity contribution in [3.8, 4) is 0 Å². The number of carbonyl (C=O) groups is 2. The molecule has 1 aliphatic carbocycles. The van der Waals surface area contributed by atoms with Gasteiger partial charge in [-0.25, -0.2) is 4.79 Å². The van der Waals surface area contributed by atoms with E-state index in [1.807, 2.05) is 12.1 Å². The van der Waals surface area contributed by atoms with Gasteiger partial charge in [0.05, 0.1) is 0 Å². The van der Waals surface area contributed by atoms with Crippen LogP contribution < -0.4 is 10.6 Å². The lowest BCUT2D eigenvalue weighted by Crippen LogP contribution is -2.55. The van der Waals surface area contributed by atoms with E-state index in [4.69, 9.17) is 0 Å². The molecule has 0 unspecified atom stereocenters. The number of carbonyl (C=O) groups excluding carboxylic acids is 1. The van der Waals surface area contributed by atoms with Gasteiger partial charge in [-0.15, -0.1) is 0 Å². The molecule has 0 spiro atoms. The number of nitrogens with one attached hydrogen (secondary N) is 2. The van der Waals surface area contributed by atoms with Crippen LogP contribution in [0.3, 0.4) is 0 Å². The van der Waals surface area contributed by atoms with Crippen LogP contribution in [0.5, 0.6) is 0 Å². The average Bonchev–Trinajstić information content (AvgIpc) is 2.68. The van der Waals surface area contributed by atoms with Crippen molar-refractivity contribution in [3.63, 3.8) is 0 Å². The quantitative estimate of drug-likeness (QED) is 0.720. The van der Waals surface area contributed by atoms with E-state index in [1.165, 1.54) is 5.56 Å². The standard InChI is InChI=1S/C20H29N3O3/c24-18(22-20(19(25)26)9-2-1-3-10-20)17-6-4-16(5-7-17)8-13-23-14-11-21-12-15-23/h4-7,21H,1-3,8-15H2,(H,22,24)(H,25,26). The van der Waals surface area contributed by atoms with Crippen LogP contribution in [-0.4, -0.2) is 60.1 Å². The normalized spacial score (nSPS) is 20.5. The lowest BCUT2D eigenvalue weighted by Gasteiger charge is -2.34. The van der Waals surface area contributed by atoms with E-state index >= 15 is 0 Å². The summed E-state index contributed by atoms with van der Waals surface area (Å²) in [7, 11) is 0. The van der Waals surface area contributed by atoms with Crippen molar-refractivity contribution in [1.29, 1.82) is 0 Å². The number of benzene rings is 1. The van der Waals surface area contributed by atoms with Gasteiger partial charge >= 0.3 is 5.97 Å². The molecule has 1 amide bonds. The summed E-state index contributed by atoms with van der Waals surface area (Å²) >= 11 is 0. The van der Waals surface area contributed by atoms with Gasteiger partial charge in [0.25, 0.3) is 5.91 Å². The number of nitrogens with zero attached hydrogens (tertiary/aromatic N) is 1. The predicted octanol–water partition coefficient (Wildman–Crippen LogP) is 1.65. The van der Waals surface area contributed by atoms with Crippen LogP contribution in [0, 0.1) is 0 Å². The van der Waals surface area contributed by atoms with E-state index in [-0.39, 0.29) is 5.91 Å². The molecule has 1 aliphatic heterocycles. The number of carboxylic acid groups (broad SMARTS) is 1. The third-order valence-electron chi connectivity index (χ3n) is 5.61. The minimum absolute atomic E-state index is 0.289. The first-order valence-corrected chi connectivity index (χ1v) is 9.67. The predicted molar refractivity (Wildman–Crippen MR) is 100 cm³/mol. The molecule has 3 rings (SSSR count). The van der Waals surface area contributed by atoms with Crippen LogP contribution in [0.1, 0.15) is 48.0 Å². The zero-order valence-corrected chi connectivity index (χ0v) is 15.3. The molecule has 142 valence electrons. The summed E-state index contributed by atoms with van der Waals surface area (Å²) in [5, 5.41) is 15.7. The highest BCUT2D eigenvalue weighted by molar-refractivity contribution is 5.97. The molecular formula is C20H29N3O3. The summed E-state index contributed by atoms with van der Waals surface area (Å²) in [6.07, 6.45) is 4.70. The summed E-state index contributed by atoms with van der Waals surface area (Å²) in [5.41, 5.74) is 0.629. The van der Waals surface area contributed by atoms with Crippen LogP contribution in [0.2, 0.25) is 0 Å². The van der Waals surface area contributed by atoms with Crippen molar-refractivity contribution >= 4 is 11.9 Å². The van der Waals surface area contributed by atoms with Crippen molar-refractivity contribution in [3.05, 3.63) is 35.4 Å². The van der Waals surface area contributed by atoms with Gasteiger partial charge in [0.15, 0.2) is 0 Å². The molecule has 1 aromatic rings. The van der Waals surface area contributed by atoms with E-state index in [9.17, 15) is 14.7 Å². The lowest BCUT2D eigenvalue weighted by atomic mass is 9.81. The van der Waals surface area contributed by atoms with Crippen LogP contribution in [0.15, 0.2) is 24.3 Å². The maximum Gasteiger partial charge on any atom is 0.329 e. The van der Waals surface area contributed by atoms with Gasteiger partial charge in [-0.2, -0.15) is 0 Å². The maximum absolute atomic E-state index is 12.5. The molecule has 2 fully saturated rings. The van der Waals surface area contributed by atoms with Gasteiger partial charge < -0.3 is 20.6 Å². The van der Waals surface area contributed by atoms with E-state index < -0.39 is 11.5 Å². The molecule has 2 aliphatic rings. The third kappa shape index (κ3) is 4.62. The summed E-state index contributed by atoms with van der Waals surface area (Å²) < 4.78 is 0. The molecule has 0 aromatic heterocycles. The highest BCUT2D eigenvalue weighted by Gasteiger charge is 2.41. The molecule has 1 aromatic carbocycles. The number of hydrogen-bond acceptors (Lipinski definition) is 4. The van der Waals surface area contributed by atoms with Gasteiger partial charge in [-0.3, -0.25) is 4.79 Å². The molecule has 0 radical (unpaired) electrons. The Morgan fingerprint density at radius 3 is 2.35 bits per heavy atom. The summed E-state index contributed by atoms with van der Waals surface area (Å²) in [5.74, 6) is -1.21. The zero-order chi connectivity index (χ0) is 18.4. The fraction of sp³-hybridized carbons (Fsp3) is 0.600. The molecule has 0 atom stereocenters. The topological polar surface area (TPSA) is 81.7 Å². The summed E-state index contributed by atoms with van der Waals surface area (Å²) in [6.45, 7) is 5.28. The van der Waals surface area contributed by atoms with Gasteiger partial charge in [0.2, 0.25) is 0 Å². The van der Waals surface area contributed by atoms with Gasteiger partial charge in [-0.05, 0) is 37.0 Å². The number of amides is 1. The molecule has 1 saturated heterocycles. The molecule has 26 heavy (non-hydrogen) atoms. The SMILES string of the molecule is O=C(NC1(C(=O)O)CCCCC1)c1ccc(CCN2CCNCC2)cc1. The second kappa shape index (κ2) is 8.64. The molecule has 6 nitrogen and oxygen atoms in total. The first kappa shape index (κ1) is 18.9. The van der Waals surface area contributed by atoms with Crippen molar-refractivity contribution in [2.75, 3.05) is 32.7 Å². The molecular weight excluding hydrogens is 330 g/mol. The molecule has 3 N–H and O–H groups in total. The second-order valence-corrected chi connectivity index (χ2v) is 7.44. The first-order chi connectivity index (χ1) is 12.6. The number of piperazine rings is 1. The van der Waals surface area contributed by atoms with Crippen molar-refractivity contribution in [1.82, 2.24) is 15.5 Å². The highest BCUT2D eigenvalue weighted by Crippen LogP contribution is 2.29. The number of rotatable bonds is 6.